The maximum absolute atomic E-state index is 12.1. The zero-order chi connectivity index (χ0) is 16.2. The second-order valence-corrected chi connectivity index (χ2v) is 6.47. The van der Waals surface area contributed by atoms with Gasteiger partial charge in [-0.3, -0.25) is 0 Å². The molecule has 0 aliphatic carbocycles. The Morgan fingerprint density at radius 1 is 1.32 bits per heavy atom. The predicted octanol–water partition coefficient (Wildman–Crippen LogP) is 2.87. The van der Waals surface area contributed by atoms with Crippen molar-refractivity contribution < 1.29 is 19.0 Å². The van der Waals surface area contributed by atoms with Crippen LogP contribution in [0.3, 0.4) is 0 Å². The van der Waals surface area contributed by atoms with Gasteiger partial charge in [-0.25, -0.2) is 4.79 Å². The molecule has 1 aromatic rings. The average Bonchev–Trinajstić information content (AvgIpc) is 2.46. The minimum absolute atomic E-state index is 0.00494. The zero-order valence-electron chi connectivity index (χ0n) is 13.8. The van der Waals surface area contributed by atoms with Crippen LogP contribution in [-0.4, -0.2) is 49.5 Å². The number of carbonyl (C=O) groups excluding carboxylic acids is 1. The van der Waals surface area contributed by atoms with Gasteiger partial charge in [0, 0.05) is 13.0 Å². The summed E-state index contributed by atoms with van der Waals surface area (Å²) in [6.45, 7) is 7.30. The minimum atomic E-state index is -0.471. The molecule has 1 heterocycles. The summed E-state index contributed by atoms with van der Waals surface area (Å²) in [4.78, 5) is 13.9. The van der Waals surface area contributed by atoms with Gasteiger partial charge in [-0.2, -0.15) is 0 Å². The number of benzene rings is 1. The van der Waals surface area contributed by atoms with Crippen LogP contribution in [0.1, 0.15) is 26.3 Å². The lowest BCUT2D eigenvalue weighted by atomic mass is 10.1. The molecule has 1 fully saturated rings. The lowest BCUT2D eigenvalue weighted by molar-refractivity contribution is -0.0415. The van der Waals surface area contributed by atoms with E-state index in [4.69, 9.17) is 14.2 Å². The van der Waals surface area contributed by atoms with Crippen molar-refractivity contribution in [2.24, 2.45) is 0 Å². The second kappa shape index (κ2) is 7.01. The highest BCUT2D eigenvalue weighted by Crippen LogP contribution is 2.17. The number of amides is 1. The van der Waals surface area contributed by atoms with Gasteiger partial charge in [0.15, 0.2) is 0 Å². The predicted molar refractivity (Wildman–Crippen MR) is 84.2 cm³/mol. The first-order chi connectivity index (χ1) is 10.4. The van der Waals surface area contributed by atoms with E-state index >= 15 is 0 Å². The smallest absolute Gasteiger partial charge is 0.410 e. The molecule has 1 aromatic carbocycles. The van der Waals surface area contributed by atoms with Gasteiger partial charge in [-0.05, 0) is 38.5 Å². The fourth-order valence-corrected chi connectivity index (χ4v) is 2.36. The molecule has 0 aromatic heterocycles. The van der Waals surface area contributed by atoms with Gasteiger partial charge in [0.2, 0.25) is 0 Å². The van der Waals surface area contributed by atoms with E-state index in [2.05, 4.69) is 0 Å². The molecule has 5 heteroatoms. The van der Waals surface area contributed by atoms with Gasteiger partial charge >= 0.3 is 6.09 Å². The van der Waals surface area contributed by atoms with E-state index in [9.17, 15) is 4.79 Å². The van der Waals surface area contributed by atoms with Gasteiger partial charge < -0.3 is 19.1 Å². The van der Waals surface area contributed by atoms with E-state index < -0.39 is 5.60 Å². The van der Waals surface area contributed by atoms with Crippen LogP contribution < -0.4 is 4.74 Å². The van der Waals surface area contributed by atoms with Gasteiger partial charge in [0.1, 0.15) is 11.4 Å². The number of ether oxygens (including phenoxy) is 3. The Balaban J connectivity index is 1.91. The van der Waals surface area contributed by atoms with Gasteiger partial charge in [-0.15, -0.1) is 0 Å². The quantitative estimate of drug-likeness (QED) is 0.861. The molecular weight excluding hydrogens is 282 g/mol. The van der Waals surface area contributed by atoms with Crippen molar-refractivity contribution in [2.75, 3.05) is 26.8 Å². The van der Waals surface area contributed by atoms with Crippen LogP contribution >= 0.6 is 0 Å². The van der Waals surface area contributed by atoms with Crippen LogP contribution in [0.2, 0.25) is 0 Å². The van der Waals surface area contributed by atoms with Crippen LogP contribution in [0.25, 0.3) is 0 Å². The molecule has 1 saturated heterocycles. The van der Waals surface area contributed by atoms with Crippen molar-refractivity contribution in [1.82, 2.24) is 4.90 Å². The van der Waals surface area contributed by atoms with E-state index in [1.165, 1.54) is 0 Å². The molecule has 0 radical (unpaired) electrons. The molecule has 0 saturated carbocycles. The summed E-state index contributed by atoms with van der Waals surface area (Å²) in [5, 5.41) is 0. The molecule has 0 spiro atoms. The van der Waals surface area contributed by atoms with Gasteiger partial charge in [-0.1, -0.05) is 12.1 Å². The van der Waals surface area contributed by atoms with Crippen molar-refractivity contribution in [3.05, 3.63) is 29.8 Å². The molecule has 122 valence electrons. The standard InChI is InChI=1S/C17H25NO4/c1-17(2,3)22-16(19)18-9-10-21-15(12-18)11-13-5-7-14(20-4)8-6-13/h5-8,15H,9-12H2,1-4H3. The van der Waals surface area contributed by atoms with E-state index in [1.54, 1.807) is 12.0 Å². The summed E-state index contributed by atoms with van der Waals surface area (Å²) >= 11 is 0. The molecule has 0 N–H and O–H groups in total. The fraction of sp³-hybridized carbons (Fsp3) is 0.588. The Hall–Kier alpha value is -1.75. The van der Waals surface area contributed by atoms with Crippen molar-refractivity contribution in [2.45, 2.75) is 38.9 Å². The normalized spacial score (nSPS) is 18.9. The number of nitrogens with zero attached hydrogens (tertiary/aromatic N) is 1. The van der Waals surface area contributed by atoms with E-state index in [0.717, 1.165) is 17.7 Å². The third kappa shape index (κ3) is 4.91. The third-order valence-electron chi connectivity index (χ3n) is 3.41. The summed E-state index contributed by atoms with van der Waals surface area (Å²) in [5.41, 5.74) is 0.692. The molecule has 0 bridgehead atoms. The maximum Gasteiger partial charge on any atom is 0.410 e. The molecule has 1 unspecified atom stereocenters. The Labute approximate surface area is 132 Å². The van der Waals surface area contributed by atoms with Crippen molar-refractivity contribution in [3.63, 3.8) is 0 Å². The summed E-state index contributed by atoms with van der Waals surface area (Å²) < 4.78 is 16.3. The van der Waals surface area contributed by atoms with Crippen LogP contribution in [0.15, 0.2) is 24.3 Å². The maximum atomic E-state index is 12.1. The largest absolute Gasteiger partial charge is 0.497 e. The van der Waals surface area contributed by atoms with Gasteiger partial charge in [0.05, 0.1) is 26.4 Å². The Bertz CT molecular complexity index is 492. The average molecular weight is 307 g/mol. The number of hydrogen-bond acceptors (Lipinski definition) is 4. The monoisotopic (exact) mass is 307 g/mol. The molecule has 1 amide bonds. The summed E-state index contributed by atoms with van der Waals surface area (Å²) in [5.74, 6) is 0.837. The first kappa shape index (κ1) is 16.6. The topological polar surface area (TPSA) is 48.0 Å². The molecule has 22 heavy (non-hydrogen) atoms. The van der Waals surface area contributed by atoms with Crippen molar-refractivity contribution >= 4 is 6.09 Å². The van der Waals surface area contributed by atoms with Crippen molar-refractivity contribution in [3.8, 4) is 5.75 Å². The summed E-state index contributed by atoms with van der Waals surface area (Å²) in [6.07, 6.45) is 0.494. The number of methoxy groups -OCH3 is 1. The highest BCUT2D eigenvalue weighted by atomic mass is 16.6. The molecular formula is C17H25NO4. The summed E-state index contributed by atoms with van der Waals surface area (Å²) in [6, 6.07) is 7.91. The Morgan fingerprint density at radius 3 is 2.59 bits per heavy atom. The highest BCUT2D eigenvalue weighted by molar-refractivity contribution is 5.68. The van der Waals surface area contributed by atoms with Gasteiger partial charge in [0.25, 0.3) is 0 Å². The van der Waals surface area contributed by atoms with Crippen LogP contribution in [0.5, 0.6) is 5.75 Å². The fourth-order valence-electron chi connectivity index (χ4n) is 2.36. The lowest BCUT2D eigenvalue weighted by Gasteiger charge is -2.34. The molecule has 1 atom stereocenters. The number of carbonyl (C=O) groups is 1. The molecule has 1 aliphatic rings. The first-order valence-electron chi connectivity index (χ1n) is 7.60. The number of hydrogen-bond donors (Lipinski definition) is 0. The number of morpholine rings is 1. The second-order valence-electron chi connectivity index (χ2n) is 6.47. The van der Waals surface area contributed by atoms with E-state index in [1.807, 2.05) is 45.0 Å². The summed E-state index contributed by atoms with van der Waals surface area (Å²) in [7, 11) is 1.65. The SMILES string of the molecule is COc1ccc(CC2CN(C(=O)OC(C)(C)C)CCO2)cc1. The van der Waals surface area contributed by atoms with Crippen LogP contribution in [-0.2, 0) is 15.9 Å². The van der Waals surface area contributed by atoms with E-state index in [0.29, 0.717) is 19.7 Å². The first-order valence-corrected chi connectivity index (χ1v) is 7.60. The molecule has 1 aliphatic heterocycles. The van der Waals surface area contributed by atoms with Crippen molar-refractivity contribution in [1.29, 1.82) is 0 Å². The van der Waals surface area contributed by atoms with Crippen LogP contribution in [0.4, 0.5) is 4.79 Å². The van der Waals surface area contributed by atoms with Crippen LogP contribution in [0, 0.1) is 0 Å². The highest BCUT2D eigenvalue weighted by Gasteiger charge is 2.28. The van der Waals surface area contributed by atoms with E-state index in [-0.39, 0.29) is 12.2 Å². The number of rotatable bonds is 3. The zero-order valence-corrected chi connectivity index (χ0v) is 13.8. The Kier molecular flexibility index (Phi) is 5.29. The third-order valence-corrected chi connectivity index (χ3v) is 3.41. The Morgan fingerprint density at radius 2 is 2.00 bits per heavy atom. The molecule has 5 nitrogen and oxygen atoms in total. The minimum Gasteiger partial charge on any atom is -0.497 e. The lowest BCUT2D eigenvalue weighted by Crippen LogP contribution is -2.48. The molecule has 2 rings (SSSR count).